The van der Waals surface area contributed by atoms with Crippen molar-refractivity contribution in [1.29, 1.82) is 0 Å². The minimum absolute atomic E-state index is 0.719. The second-order valence-corrected chi connectivity index (χ2v) is 4.37. The van der Waals surface area contributed by atoms with Crippen LogP contribution in [-0.2, 0) is 9.47 Å². The molecule has 18 heavy (non-hydrogen) atoms. The van der Waals surface area contributed by atoms with Crippen LogP contribution in [0.3, 0.4) is 0 Å². The van der Waals surface area contributed by atoms with E-state index in [2.05, 4.69) is 18.2 Å². The number of nitrogens with one attached hydrogen (secondary N) is 1. The van der Waals surface area contributed by atoms with Crippen LogP contribution in [0.15, 0.2) is 0 Å². The molecule has 0 aromatic heterocycles. The van der Waals surface area contributed by atoms with Gasteiger partial charge in [-0.3, -0.25) is 11.3 Å². The van der Waals surface area contributed by atoms with Crippen molar-refractivity contribution in [2.45, 2.75) is 58.3 Å². The van der Waals surface area contributed by atoms with Crippen LogP contribution in [0.2, 0.25) is 0 Å². The SMILES string of the molecule is CCCCCCCCCCOCCOC.CNN. The molecule has 0 atom stereocenters. The van der Waals surface area contributed by atoms with E-state index in [0.29, 0.717) is 0 Å². The zero-order valence-corrected chi connectivity index (χ0v) is 12.7. The summed E-state index contributed by atoms with van der Waals surface area (Å²) in [6, 6.07) is 0. The van der Waals surface area contributed by atoms with Gasteiger partial charge in [-0.05, 0) is 13.5 Å². The van der Waals surface area contributed by atoms with Crippen LogP contribution in [0.5, 0.6) is 0 Å². The molecule has 0 fully saturated rings. The molecule has 0 radical (unpaired) electrons. The molecule has 0 aromatic carbocycles. The third-order valence-corrected chi connectivity index (χ3v) is 2.57. The first-order valence-electron chi connectivity index (χ1n) is 7.27. The summed E-state index contributed by atoms with van der Waals surface area (Å²) in [5.41, 5.74) is 2.25. The Morgan fingerprint density at radius 2 is 1.33 bits per heavy atom. The van der Waals surface area contributed by atoms with Gasteiger partial charge in [0.05, 0.1) is 13.2 Å². The number of hydrazine groups is 1. The Morgan fingerprint density at radius 1 is 0.833 bits per heavy atom. The molecule has 0 heterocycles. The van der Waals surface area contributed by atoms with E-state index in [0.717, 1.165) is 19.8 Å². The highest BCUT2D eigenvalue weighted by Gasteiger charge is 1.92. The molecule has 0 aliphatic rings. The largest absolute Gasteiger partial charge is 0.382 e. The van der Waals surface area contributed by atoms with Gasteiger partial charge in [0.25, 0.3) is 0 Å². The fraction of sp³-hybridized carbons (Fsp3) is 1.00. The van der Waals surface area contributed by atoms with E-state index in [1.165, 1.54) is 51.4 Å². The molecule has 4 heteroatoms. The van der Waals surface area contributed by atoms with Crippen LogP contribution in [0, 0.1) is 0 Å². The number of methoxy groups -OCH3 is 1. The Kier molecular flexibility index (Phi) is 24.7. The second kappa shape index (κ2) is 22.1. The maximum absolute atomic E-state index is 5.39. The van der Waals surface area contributed by atoms with Gasteiger partial charge in [-0.15, -0.1) is 0 Å². The number of rotatable bonds is 12. The van der Waals surface area contributed by atoms with Crippen molar-refractivity contribution >= 4 is 0 Å². The lowest BCUT2D eigenvalue weighted by molar-refractivity contribution is 0.0685. The van der Waals surface area contributed by atoms with E-state index in [1.54, 1.807) is 14.2 Å². The minimum Gasteiger partial charge on any atom is -0.382 e. The van der Waals surface area contributed by atoms with Gasteiger partial charge in [0.1, 0.15) is 0 Å². The molecule has 0 aliphatic carbocycles. The van der Waals surface area contributed by atoms with E-state index in [9.17, 15) is 0 Å². The van der Waals surface area contributed by atoms with Crippen molar-refractivity contribution in [2.24, 2.45) is 5.84 Å². The Hall–Kier alpha value is -0.160. The molecule has 0 rings (SSSR count). The second-order valence-electron chi connectivity index (χ2n) is 4.37. The predicted octanol–water partition coefficient (Wildman–Crippen LogP) is 2.87. The molecule has 112 valence electrons. The van der Waals surface area contributed by atoms with Crippen molar-refractivity contribution in [3.63, 3.8) is 0 Å². The van der Waals surface area contributed by atoms with Crippen LogP contribution in [0.25, 0.3) is 0 Å². The van der Waals surface area contributed by atoms with E-state index in [4.69, 9.17) is 9.47 Å². The fourth-order valence-corrected chi connectivity index (χ4v) is 1.58. The van der Waals surface area contributed by atoms with Gasteiger partial charge < -0.3 is 9.47 Å². The molecular formula is C14H34N2O2. The maximum Gasteiger partial charge on any atom is 0.0700 e. The maximum atomic E-state index is 5.39. The minimum atomic E-state index is 0.719. The van der Waals surface area contributed by atoms with Crippen LogP contribution in [0.4, 0.5) is 0 Å². The van der Waals surface area contributed by atoms with Gasteiger partial charge in [-0.25, -0.2) is 0 Å². The molecule has 0 aliphatic heterocycles. The van der Waals surface area contributed by atoms with Crippen molar-refractivity contribution in [3.05, 3.63) is 0 Å². The average molecular weight is 262 g/mol. The monoisotopic (exact) mass is 262 g/mol. The molecule has 0 spiro atoms. The zero-order valence-electron chi connectivity index (χ0n) is 12.7. The first-order chi connectivity index (χ1) is 8.83. The molecule has 3 N–H and O–H groups in total. The average Bonchev–Trinajstić information content (AvgIpc) is 2.37. The summed E-state index contributed by atoms with van der Waals surface area (Å²) in [5, 5.41) is 0. The highest BCUT2D eigenvalue weighted by atomic mass is 16.5. The van der Waals surface area contributed by atoms with Crippen molar-refractivity contribution in [2.75, 3.05) is 34.0 Å². The lowest BCUT2D eigenvalue weighted by Crippen LogP contribution is -2.13. The Labute approximate surface area is 114 Å². The van der Waals surface area contributed by atoms with Gasteiger partial charge in [0, 0.05) is 13.7 Å². The summed E-state index contributed by atoms with van der Waals surface area (Å²) in [7, 11) is 3.36. The van der Waals surface area contributed by atoms with Gasteiger partial charge in [0.2, 0.25) is 0 Å². The van der Waals surface area contributed by atoms with Crippen molar-refractivity contribution < 1.29 is 9.47 Å². The van der Waals surface area contributed by atoms with Crippen LogP contribution in [-0.4, -0.2) is 34.0 Å². The molecule has 0 saturated carbocycles. The van der Waals surface area contributed by atoms with Gasteiger partial charge in [-0.1, -0.05) is 51.9 Å². The fourth-order valence-electron chi connectivity index (χ4n) is 1.58. The quantitative estimate of drug-likeness (QED) is 0.322. The third-order valence-electron chi connectivity index (χ3n) is 2.57. The summed E-state index contributed by atoms with van der Waals surface area (Å²) in [6.45, 7) is 4.62. The van der Waals surface area contributed by atoms with Gasteiger partial charge in [0.15, 0.2) is 0 Å². The standard InChI is InChI=1S/C13H28O2.CH6N2/c1-3-4-5-6-7-8-9-10-11-15-13-12-14-2;1-3-2/h3-13H2,1-2H3;3H,2H2,1H3. The first kappa shape index (κ1) is 20.2. The Morgan fingerprint density at radius 3 is 1.83 bits per heavy atom. The molecule has 0 unspecified atom stereocenters. The van der Waals surface area contributed by atoms with E-state index < -0.39 is 0 Å². The zero-order chi connectivity index (χ0) is 13.9. The van der Waals surface area contributed by atoms with Crippen LogP contribution in [0.1, 0.15) is 58.3 Å². The molecule has 0 amide bonds. The van der Waals surface area contributed by atoms with Crippen LogP contribution >= 0.6 is 0 Å². The molecular weight excluding hydrogens is 228 g/mol. The predicted molar refractivity (Wildman–Crippen MR) is 78.6 cm³/mol. The van der Waals surface area contributed by atoms with E-state index >= 15 is 0 Å². The molecule has 0 aromatic rings. The van der Waals surface area contributed by atoms with Gasteiger partial charge in [-0.2, -0.15) is 0 Å². The van der Waals surface area contributed by atoms with Gasteiger partial charge >= 0.3 is 0 Å². The molecule has 0 bridgehead atoms. The molecule has 4 nitrogen and oxygen atoms in total. The number of unbranched alkanes of at least 4 members (excludes halogenated alkanes) is 7. The third kappa shape index (κ3) is 24.9. The number of ether oxygens (including phenoxy) is 2. The Balaban J connectivity index is 0. The van der Waals surface area contributed by atoms with E-state index in [-0.39, 0.29) is 0 Å². The summed E-state index contributed by atoms with van der Waals surface area (Å²) in [5.74, 6) is 4.60. The lowest BCUT2D eigenvalue weighted by Gasteiger charge is -2.03. The van der Waals surface area contributed by atoms with Crippen LogP contribution < -0.4 is 11.3 Å². The highest BCUT2D eigenvalue weighted by Crippen LogP contribution is 2.08. The van der Waals surface area contributed by atoms with Crippen molar-refractivity contribution in [1.82, 2.24) is 5.43 Å². The van der Waals surface area contributed by atoms with E-state index in [1.807, 2.05) is 0 Å². The highest BCUT2D eigenvalue weighted by molar-refractivity contribution is 4.45. The summed E-state index contributed by atoms with van der Waals surface area (Å²) in [4.78, 5) is 0. The summed E-state index contributed by atoms with van der Waals surface area (Å²) < 4.78 is 10.3. The summed E-state index contributed by atoms with van der Waals surface area (Å²) >= 11 is 0. The lowest BCUT2D eigenvalue weighted by atomic mass is 10.1. The summed E-state index contributed by atoms with van der Waals surface area (Å²) in [6.07, 6.45) is 10.9. The number of hydrogen-bond acceptors (Lipinski definition) is 4. The normalized spacial score (nSPS) is 10.0. The first-order valence-corrected chi connectivity index (χ1v) is 7.27. The number of nitrogens with two attached hydrogens (primary N) is 1. The Bertz CT molecular complexity index is 112. The number of hydrogen-bond donors (Lipinski definition) is 2. The van der Waals surface area contributed by atoms with Crippen molar-refractivity contribution in [3.8, 4) is 0 Å². The molecule has 0 saturated heterocycles. The smallest absolute Gasteiger partial charge is 0.0700 e. The topological polar surface area (TPSA) is 56.5 Å².